The van der Waals surface area contributed by atoms with Gasteiger partial charge in [-0.2, -0.15) is 17.6 Å². The van der Waals surface area contributed by atoms with Crippen LogP contribution in [-0.4, -0.2) is 18.4 Å². The summed E-state index contributed by atoms with van der Waals surface area (Å²) in [6.45, 7) is 4.09. The van der Waals surface area contributed by atoms with E-state index in [4.69, 9.17) is 5.41 Å². The first-order valence-corrected chi connectivity index (χ1v) is 8.22. The van der Waals surface area contributed by atoms with E-state index in [0.29, 0.717) is 0 Å². The van der Waals surface area contributed by atoms with Crippen molar-refractivity contribution in [1.29, 1.82) is 5.41 Å². The number of hydrogen-bond donors (Lipinski definition) is 2. The van der Waals surface area contributed by atoms with E-state index in [1.54, 1.807) is 18.3 Å². The fourth-order valence-electron chi connectivity index (χ4n) is 3.57. The average molecular weight is 365 g/mol. The first-order valence-electron chi connectivity index (χ1n) is 8.22. The number of benzene rings is 1. The summed E-state index contributed by atoms with van der Waals surface area (Å²) in [5, 5.41) is 10.0. The molecule has 1 heterocycles. The topological polar surface area (TPSA) is 48.2 Å². The average Bonchev–Trinajstić information content (AvgIpc) is 2.77. The zero-order chi connectivity index (χ0) is 19.1. The molecule has 0 spiro atoms. The largest absolute Gasteiger partial charge is 0.393 e. The maximum atomic E-state index is 12.8. The van der Waals surface area contributed by atoms with E-state index in [1.807, 2.05) is 13.8 Å². The Morgan fingerprint density at radius 2 is 1.96 bits per heavy atom. The fraction of sp³-hybridized carbons (Fsp3) is 0.368. The van der Waals surface area contributed by atoms with Crippen LogP contribution < -0.4 is 5.32 Å². The molecule has 2 aliphatic rings. The highest BCUT2D eigenvalue weighted by atomic mass is 19.4. The van der Waals surface area contributed by atoms with Gasteiger partial charge in [-0.25, -0.2) is 4.99 Å². The molecule has 138 valence electrons. The number of alkyl halides is 3. The maximum Gasteiger partial charge on any atom is 0.393 e. The van der Waals surface area contributed by atoms with Crippen LogP contribution in [0.5, 0.6) is 0 Å². The molecule has 0 amide bonds. The molecule has 0 aromatic heterocycles. The number of nitrogens with one attached hydrogen (secondary N) is 2. The van der Waals surface area contributed by atoms with Gasteiger partial charge in [-0.3, -0.25) is 5.41 Å². The van der Waals surface area contributed by atoms with Gasteiger partial charge < -0.3 is 5.32 Å². The first-order chi connectivity index (χ1) is 12.0. The Kier molecular flexibility index (Phi) is 4.50. The van der Waals surface area contributed by atoms with Crippen molar-refractivity contribution in [1.82, 2.24) is 5.32 Å². The quantitative estimate of drug-likeness (QED) is 0.573. The Bertz CT molecular complexity index is 814. The van der Waals surface area contributed by atoms with Gasteiger partial charge in [-0.15, -0.1) is 0 Å². The van der Waals surface area contributed by atoms with E-state index in [2.05, 4.69) is 10.3 Å². The van der Waals surface area contributed by atoms with Crippen LogP contribution in [0.1, 0.15) is 37.3 Å². The van der Waals surface area contributed by atoms with Crippen molar-refractivity contribution in [2.45, 2.75) is 38.8 Å². The molecule has 2 N–H and O–H groups in total. The standard InChI is InChI=1S/C19H19F4N3/c1-18(2)9-13(12-5-3-11(4-6-12)8-19(21,22)23)14-10-25-16(7-15(20)24)26-17(14)18/h3-7,10,13,24,26H,8-9H2,1-2H3/b16-7-,24-15?. The predicted molar refractivity (Wildman–Crippen MR) is 92.9 cm³/mol. The maximum absolute atomic E-state index is 12.8. The Morgan fingerprint density at radius 3 is 2.54 bits per heavy atom. The second-order valence-electron chi connectivity index (χ2n) is 7.27. The van der Waals surface area contributed by atoms with Crippen LogP contribution >= 0.6 is 0 Å². The molecule has 0 fully saturated rings. The molecule has 0 saturated carbocycles. The van der Waals surface area contributed by atoms with Gasteiger partial charge in [0.25, 0.3) is 0 Å². The number of halogens is 4. The summed E-state index contributed by atoms with van der Waals surface area (Å²) in [6.07, 6.45) is -1.74. The van der Waals surface area contributed by atoms with Crippen LogP contribution in [0.2, 0.25) is 0 Å². The molecule has 0 bridgehead atoms. The number of hydrogen-bond acceptors (Lipinski definition) is 3. The SMILES string of the molecule is CC1(C)CC(c2ccc(CC(F)(F)F)cc2)C2=C1N/C(=C\C(=N)F)N=C2. The van der Waals surface area contributed by atoms with Gasteiger partial charge in [-0.05, 0) is 23.1 Å². The van der Waals surface area contributed by atoms with Crippen LogP contribution in [0.25, 0.3) is 0 Å². The summed E-state index contributed by atoms with van der Waals surface area (Å²) in [5.74, 6) is -0.811. The van der Waals surface area contributed by atoms with Crippen molar-refractivity contribution in [2.24, 2.45) is 10.4 Å². The normalized spacial score (nSPS) is 23.2. The number of nitrogens with zero attached hydrogens (tertiary/aromatic N) is 1. The van der Waals surface area contributed by atoms with E-state index in [9.17, 15) is 17.6 Å². The number of rotatable bonds is 3. The molecule has 0 saturated heterocycles. The zero-order valence-electron chi connectivity index (χ0n) is 14.4. The van der Waals surface area contributed by atoms with Crippen LogP contribution in [-0.2, 0) is 6.42 Å². The van der Waals surface area contributed by atoms with E-state index in [1.165, 1.54) is 12.1 Å². The minimum Gasteiger partial charge on any atom is -0.343 e. The van der Waals surface area contributed by atoms with Crippen molar-refractivity contribution < 1.29 is 17.6 Å². The van der Waals surface area contributed by atoms with Gasteiger partial charge in [0.05, 0.1) is 6.42 Å². The lowest BCUT2D eigenvalue weighted by molar-refractivity contribution is -0.127. The molecule has 26 heavy (non-hydrogen) atoms. The molecule has 0 radical (unpaired) electrons. The second kappa shape index (κ2) is 6.37. The Labute approximate surface area is 149 Å². The molecule has 1 aromatic carbocycles. The van der Waals surface area contributed by atoms with Crippen molar-refractivity contribution >= 4 is 12.2 Å². The zero-order valence-corrected chi connectivity index (χ0v) is 14.4. The van der Waals surface area contributed by atoms with Crippen molar-refractivity contribution in [3.05, 3.63) is 58.6 Å². The molecule has 1 aliphatic carbocycles. The molecule has 7 heteroatoms. The van der Waals surface area contributed by atoms with Gasteiger partial charge in [-0.1, -0.05) is 38.1 Å². The van der Waals surface area contributed by atoms with Gasteiger partial charge in [0, 0.05) is 29.3 Å². The van der Waals surface area contributed by atoms with Crippen LogP contribution in [0.15, 0.2) is 52.4 Å². The lowest BCUT2D eigenvalue weighted by Gasteiger charge is -2.25. The molecule has 1 aliphatic heterocycles. The van der Waals surface area contributed by atoms with Gasteiger partial charge in [0.1, 0.15) is 5.82 Å². The summed E-state index contributed by atoms with van der Waals surface area (Å²) in [5.41, 5.74) is 2.78. The first kappa shape index (κ1) is 18.4. The molecule has 1 atom stereocenters. The smallest absolute Gasteiger partial charge is 0.343 e. The highest BCUT2D eigenvalue weighted by molar-refractivity contribution is 5.88. The summed E-state index contributed by atoms with van der Waals surface area (Å²) < 4.78 is 50.4. The Hall–Kier alpha value is -2.44. The lowest BCUT2D eigenvalue weighted by Crippen LogP contribution is -2.26. The number of aliphatic imine (C=N–C) groups is 1. The third kappa shape index (κ3) is 3.86. The summed E-state index contributed by atoms with van der Waals surface area (Å²) in [4.78, 5) is 4.16. The molecule has 1 aromatic rings. The van der Waals surface area contributed by atoms with Crippen LogP contribution in [0.3, 0.4) is 0 Å². The van der Waals surface area contributed by atoms with Gasteiger partial charge in [0.2, 0.25) is 5.97 Å². The van der Waals surface area contributed by atoms with Crippen LogP contribution in [0, 0.1) is 10.8 Å². The van der Waals surface area contributed by atoms with Crippen molar-refractivity contribution in [3.63, 3.8) is 0 Å². The Morgan fingerprint density at radius 1 is 1.31 bits per heavy atom. The highest BCUT2D eigenvalue weighted by Gasteiger charge is 2.41. The summed E-state index contributed by atoms with van der Waals surface area (Å²) in [6, 6.07) is 6.48. The van der Waals surface area contributed by atoms with Gasteiger partial charge >= 0.3 is 6.18 Å². The predicted octanol–water partition coefficient (Wildman–Crippen LogP) is 5.02. The minimum absolute atomic E-state index is 0.00237. The van der Waals surface area contributed by atoms with Crippen molar-refractivity contribution in [3.8, 4) is 0 Å². The second-order valence-corrected chi connectivity index (χ2v) is 7.27. The minimum atomic E-state index is -4.22. The Balaban J connectivity index is 1.87. The van der Waals surface area contributed by atoms with E-state index in [0.717, 1.165) is 29.3 Å². The van der Waals surface area contributed by atoms with Crippen molar-refractivity contribution in [2.75, 3.05) is 0 Å². The van der Waals surface area contributed by atoms with Crippen LogP contribution in [0.4, 0.5) is 17.6 Å². The molecule has 3 rings (SSSR count). The van der Waals surface area contributed by atoms with E-state index < -0.39 is 18.6 Å². The molecular weight excluding hydrogens is 346 g/mol. The number of allylic oxidation sites excluding steroid dienone is 3. The molecular formula is C19H19F4N3. The van der Waals surface area contributed by atoms with Gasteiger partial charge in [0.15, 0.2) is 0 Å². The monoisotopic (exact) mass is 365 g/mol. The van der Waals surface area contributed by atoms with E-state index >= 15 is 0 Å². The lowest BCUT2D eigenvalue weighted by atomic mass is 9.85. The molecule has 3 nitrogen and oxygen atoms in total. The fourth-order valence-corrected chi connectivity index (χ4v) is 3.57. The summed E-state index contributed by atoms with van der Waals surface area (Å²) >= 11 is 0. The summed E-state index contributed by atoms with van der Waals surface area (Å²) in [7, 11) is 0. The highest BCUT2D eigenvalue weighted by Crippen LogP contribution is 2.49. The third-order valence-corrected chi connectivity index (χ3v) is 4.70. The third-order valence-electron chi connectivity index (χ3n) is 4.70. The molecule has 1 unspecified atom stereocenters. The van der Waals surface area contributed by atoms with E-state index in [-0.39, 0.29) is 22.7 Å².